The molecule has 5 nitrogen and oxygen atoms in total. The van der Waals surface area contributed by atoms with Crippen molar-refractivity contribution in [2.24, 2.45) is 0 Å². The zero-order valence-corrected chi connectivity index (χ0v) is 14.6. The van der Waals surface area contributed by atoms with Gasteiger partial charge in [0.25, 0.3) is 5.91 Å². The van der Waals surface area contributed by atoms with Crippen LogP contribution in [0.3, 0.4) is 0 Å². The second-order valence-corrected chi connectivity index (χ2v) is 6.00. The molecule has 6 heteroatoms. The fraction of sp³-hybridized carbons (Fsp3) is 0.105. The van der Waals surface area contributed by atoms with Gasteiger partial charge < -0.3 is 10.6 Å². The van der Waals surface area contributed by atoms with Crippen LogP contribution in [-0.2, 0) is 0 Å². The summed E-state index contributed by atoms with van der Waals surface area (Å²) in [5.41, 5.74) is 2.74. The maximum Gasteiger partial charge on any atom is 0.274 e. The summed E-state index contributed by atoms with van der Waals surface area (Å²) in [5.74, 6) is 0.750. The summed E-state index contributed by atoms with van der Waals surface area (Å²) in [6.45, 7) is 3.65. The van der Waals surface area contributed by atoms with E-state index in [9.17, 15) is 4.79 Å². The van der Waals surface area contributed by atoms with Crippen molar-refractivity contribution < 1.29 is 4.79 Å². The van der Waals surface area contributed by atoms with Gasteiger partial charge in [-0.25, -0.2) is 9.97 Å². The number of benzene rings is 2. The third-order valence-corrected chi connectivity index (χ3v) is 3.95. The third kappa shape index (κ3) is 4.33. The first-order chi connectivity index (χ1) is 12.0. The third-order valence-electron chi connectivity index (χ3n) is 3.55. The van der Waals surface area contributed by atoms with E-state index >= 15 is 0 Å². The average Bonchev–Trinajstić information content (AvgIpc) is 2.58. The maximum atomic E-state index is 12.5. The lowest BCUT2D eigenvalue weighted by Crippen LogP contribution is -2.15. The average molecular weight is 353 g/mol. The number of carbonyl (C=O) groups excluding carboxylic acids is 1. The Morgan fingerprint density at radius 3 is 2.44 bits per heavy atom. The molecule has 0 aliphatic carbocycles. The number of aromatic nitrogens is 2. The summed E-state index contributed by atoms with van der Waals surface area (Å²) in [5, 5.41) is 6.57. The van der Waals surface area contributed by atoms with Gasteiger partial charge in [0.2, 0.25) is 0 Å². The van der Waals surface area contributed by atoms with Gasteiger partial charge in [-0.05, 0) is 43.7 Å². The molecule has 0 unspecified atom stereocenters. The Morgan fingerprint density at radius 1 is 0.960 bits per heavy atom. The molecule has 0 aliphatic rings. The molecule has 1 amide bonds. The van der Waals surface area contributed by atoms with Crippen LogP contribution >= 0.6 is 11.6 Å². The van der Waals surface area contributed by atoms with Crippen molar-refractivity contribution in [1.29, 1.82) is 0 Å². The Labute approximate surface area is 151 Å². The number of rotatable bonds is 4. The van der Waals surface area contributed by atoms with Crippen LogP contribution in [0.25, 0.3) is 0 Å². The highest BCUT2D eigenvalue weighted by atomic mass is 35.5. The Bertz CT molecular complexity index is 913. The Balaban J connectivity index is 1.81. The van der Waals surface area contributed by atoms with Gasteiger partial charge in [-0.3, -0.25) is 4.79 Å². The molecule has 0 spiro atoms. The number of amides is 1. The van der Waals surface area contributed by atoms with Gasteiger partial charge in [0.15, 0.2) is 0 Å². The van der Waals surface area contributed by atoms with Crippen molar-refractivity contribution in [2.45, 2.75) is 13.8 Å². The molecule has 2 aromatic carbocycles. The van der Waals surface area contributed by atoms with E-state index in [2.05, 4.69) is 20.6 Å². The largest absolute Gasteiger partial charge is 0.340 e. The van der Waals surface area contributed by atoms with E-state index in [4.69, 9.17) is 11.6 Å². The number of anilines is 3. The quantitative estimate of drug-likeness (QED) is 0.711. The molecule has 25 heavy (non-hydrogen) atoms. The highest BCUT2D eigenvalue weighted by Gasteiger charge is 2.12. The van der Waals surface area contributed by atoms with E-state index in [0.717, 1.165) is 11.3 Å². The van der Waals surface area contributed by atoms with E-state index < -0.39 is 0 Å². The standard InChI is InChI=1S/C19H17ClN4O/c1-12-8-9-15(10-16(12)20)24-19(25)17-11-18(22-13(2)21-17)23-14-6-4-3-5-7-14/h3-11H,1-2H3,(H,24,25)(H,21,22,23). The smallest absolute Gasteiger partial charge is 0.274 e. The molecular formula is C19H17ClN4O. The lowest BCUT2D eigenvalue weighted by Gasteiger charge is -2.10. The van der Waals surface area contributed by atoms with Crippen LogP contribution in [-0.4, -0.2) is 15.9 Å². The van der Waals surface area contributed by atoms with Crippen LogP contribution < -0.4 is 10.6 Å². The lowest BCUT2D eigenvalue weighted by atomic mass is 10.2. The number of hydrogen-bond donors (Lipinski definition) is 2. The summed E-state index contributed by atoms with van der Waals surface area (Å²) >= 11 is 6.10. The molecular weight excluding hydrogens is 336 g/mol. The van der Waals surface area contributed by atoms with E-state index in [-0.39, 0.29) is 11.6 Å². The second kappa shape index (κ2) is 7.32. The highest BCUT2D eigenvalue weighted by molar-refractivity contribution is 6.31. The van der Waals surface area contributed by atoms with Gasteiger partial charge in [0, 0.05) is 22.5 Å². The normalized spacial score (nSPS) is 10.4. The van der Waals surface area contributed by atoms with Crippen LogP contribution in [0.2, 0.25) is 5.02 Å². The molecule has 0 fully saturated rings. The molecule has 0 saturated carbocycles. The number of halogens is 1. The van der Waals surface area contributed by atoms with Crippen LogP contribution in [0, 0.1) is 13.8 Å². The first-order valence-corrected chi connectivity index (χ1v) is 8.14. The molecule has 0 radical (unpaired) electrons. The fourth-order valence-electron chi connectivity index (χ4n) is 2.28. The number of nitrogens with one attached hydrogen (secondary N) is 2. The van der Waals surface area contributed by atoms with Gasteiger partial charge in [-0.2, -0.15) is 0 Å². The molecule has 0 atom stereocenters. The minimum Gasteiger partial charge on any atom is -0.340 e. The predicted molar refractivity (Wildman–Crippen MR) is 101 cm³/mol. The van der Waals surface area contributed by atoms with E-state index in [1.165, 1.54) is 0 Å². The number of para-hydroxylation sites is 1. The van der Waals surface area contributed by atoms with Crippen molar-refractivity contribution >= 4 is 34.7 Å². The van der Waals surface area contributed by atoms with Crippen molar-refractivity contribution in [3.63, 3.8) is 0 Å². The van der Waals surface area contributed by atoms with Gasteiger partial charge >= 0.3 is 0 Å². The zero-order chi connectivity index (χ0) is 17.8. The van der Waals surface area contributed by atoms with Crippen molar-refractivity contribution in [1.82, 2.24) is 9.97 Å². The monoisotopic (exact) mass is 352 g/mol. The minimum absolute atomic E-state index is 0.280. The molecule has 1 aromatic heterocycles. The van der Waals surface area contributed by atoms with Gasteiger partial charge in [-0.1, -0.05) is 35.9 Å². The summed E-state index contributed by atoms with van der Waals surface area (Å²) in [7, 11) is 0. The SMILES string of the molecule is Cc1nc(Nc2ccccc2)cc(C(=O)Nc2ccc(C)c(Cl)c2)n1. The van der Waals surface area contributed by atoms with Crippen LogP contribution in [0.1, 0.15) is 21.9 Å². The minimum atomic E-state index is -0.318. The first-order valence-electron chi connectivity index (χ1n) is 7.76. The van der Waals surface area contributed by atoms with Crippen LogP contribution in [0.5, 0.6) is 0 Å². The van der Waals surface area contributed by atoms with Crippen LogP contribution in [0.15, 0.2) is 54.6 Å². The van der Waals surface area contributed by atoms with Gasteiger partial charge in [-0.15, -0.1) is 0 Å². The molecule has 0 aliphatic heterocycles. The van der Waals surface area contributed by atoms with Crippen LogP contribution in [0.4, 0.5) is 17.2 Å². The lowest BCUT2D eigenvalue weighted by molar-refractivity contribution is 0.102. The van der Waals surface area contributed by atoms with E-state index in [0.29, 0.717) is 22.4 Å². The fourth-order valence-corrected chi connectivity index (χ4v) is 2.46. The molecule has 3 rings (SSSR count). The number of carbonyl (C=O) groups is 1. The summed E-state index contributed by atoms with van der Waals surface area (Å²) in [4.78, 5) is 21.0. The Kier molecular flexibility index (Phi) is 4.95. The zero-order valence-electron chi connectivity index (χ0n) is 13.9. The Hall–Kier alpha value is -2.92. The summed E-state index contributed by atoms with van der Waals surface area (Å²) in [6, 6.07) is 16.6. The number of nitrogens with zero attached hydrogens (tertiary/aromatic N) is 2. The molecule has 2 N–H and O–H groups in total. The summed E-state index contributed by atoms with van der Waals surface area (Å²) < 4.78 is 0. The van der Waals surface area contributed by atoms with Gasteiger partial charge in [0.1, 0.15) is 17.3 Å². The maximum absolute atomic E-state index is 12.5. The van der Waals surface area contributed by atoms with E-state index in [1.807, 2.05) is 43.3 Å². The Morgan fingerprint density at radius 2 is 1.72 bits per heavy atom. The highest BCUT2D eigenvalue weighted by Crippen LogP contribution is 2.21. The molecule has 0 bridgehead atoms. The molecule has 0 saturated heterocycles. The molecule has 3 aromatic rings. The predicted octanol–water partition coefficient (Wildman–Crippen LogP) is 4.74. The number of hydrogen-bond acceptors (Lipinski definition) is 4. The van der Waals surface area contributed by atoms with Crippen molar-refractivity contribution in [3.8, 4) is 0 Å². The topological polar surface area (TPSA) is 66.9 Å². The van der Waals surface area contributed by atoms with E-state index in [1.54, 1.807) is 25.1 Å². The second-order valence-electron chi connectivity index (χ2n) is 5.59. The first kappa shape index (κ1) is 16.9. The number of aryl methyl sites for hydroxylation is 2. The van der Waals surface area contributed by atoms with Crippen molar-refractivity contribution in [3.05, 3.63) is 76.7 Å². The molecule has 1 heterocycles. The summed E-state index contributed by atoms with van der Waals surface area (Å²) in [6.07, 6.45) is 0. The molecule has 126 valence electrons. The van der Waals surface area contributed by atoms with Gasteiger partial charge in [0.05, 0.1) is 0 Å². The van der Waals surface area contributed by atoms with Crippen molar-refractivity contribution in [2.75, 3.05) is 10.6 Å².